The van der Waals surface area contributed by atoms with E-state index in [2.05, 4.69) is 31.8 Å². The van der Waals surface area contributed by atoms with Crippen LogP contribution in [0.5, 0.6) is 5.75 Å². The Balaban J connectivity index is 1.83. The number of rotatable bonds is 3. The Labute approximate surface area is 126 Å². The summed E-state index contributed by atoms with van der Waals surface area (Å²) in [4.78, 5) is 11.6. The largest absolute Gasteiger partial charge is 0.507 e. The van der Waals surface area contributed by atoms with Gasteiger partial charge in [0, 0.05) is 16.1 Å². The third-order valence-corrected chi connectivity index (χ3v) is 3.79. The molecule has 0 saturated heterocycles. The molecule has 0 bridgehead atoms. The van der Waals surface area contributed by atoms with Gasteiger partial charge in [0.05, 0.1) is 6.21 Å². The van der Waals surface area contributed by atoms with E-state index in [1.807, 2.05) is 0 Å². The minimum atomic E-state index is -0.303. The first-order chi connectivity index (χ1) is 9.65. The highest BCUT2D eigenvalue weighted by molar-refractivity contribution is 9.10. The Kier molecular flexibility index (Phi) is 5.40. The lowest BCUT2D eigenvalue weighted by molar-refractivity contribution is 0.233. The van der Waals surface area contributed by atoms with Gasteiger partial charge in [-0.2, -0.15) is 5.10 Å². The highest BCUT2D eigenvalue weighted by atomic mass is 79.9. The van der Waals surface area contributed by atoms with Crippen LogP contribution in [0.3, 0.4) is 0 Å². The molecule has 0 unspecified atom stereocenters. The molecule has 2 amide bonds. The molecule has 1 aliphatic rings. The minimum Gasteiger partial charge on any atom is -0.507 e. The van der Waals surface area contributed by atoms with Gasteiger partial charge in [-0.15, -0.1) is 0 Å². The van der Waals surface area contributed by atoms with E-state index in [9.17, 15) is 9.90 Å². The van der Waals surface area contributed by atoms with Crippen molar-refractivity contribution in [1.82, 2.24) is 10.7 Å². The Hall–Kier alpha value is -1.56. The number of carbonyl (C=O) groups is 1. The Morgan fingerprint density at radius 2 is 2.10 bits per heavy atom. The number of amides is 2. The van der Waals surface area contributed by atoms with E-state index in [1.54, 1.807) is 18.2 Å². The molecule has 6 heteroatoms. The monoisotopic (exact) mass is 339 g/mol. The van der Waals surface area contributed by atoms with Gasteiger partial charge in [0.25, 0.3) is 0 Å². The highest BCUT2D eigenvalue weighted by Crippen LogP contribution is 2.20. The summed E-state index contributed by atoms with van der Waals surface area (Å²) in [5.41, 5.74) is 2.96. The number of halogens is 1. The zero-order valence-electron chi connectivity index (χ0n) is 11.1. The van der Waals surface area contributed by atoms with Gasteiger partial charge < -0.3 is 10.4 Å². The smallest absolute Gasteiger partial charge is 0.335 e. The first kappa shape index (κ1) is 14.8. The maximum Gasteiger partial charge on any atom is 0.335 e. The molecule has 2 rings (SSSR count). The summed E-state index contributed by atoms with van der Waals surface area (Å²) in [6.45, 7) is 0. The van der Waals surface area contributed by atoms with Crippen molar-refractivity contribution in [3.63, 3.8) is 0 Å². The molecule has 20 heavy (non-hydrogen) atoms. The van der Waals surface area contributed by atoms with Gasteiger partial charge >= 0.3 is 6.03 Å². The SMILES string of the molecule is O=C(N/N=C/c1cc(Br)ccc1O)NC1CCCCC1. The number of hydrogen-bond acceptors (Lipinski definition) is 3. The van der Waals surface area contributed by atoms with E-state index in [0.29, 0.717) is 5.56 Å². The number of aromatic hydroxyl groups is 1. The molecule has 0 atom stereocenters. The Bertz CT molecular complexity index is 499. The van der Waals surface area contributed by atoms with Crippen LogP contribution in [0.4, 0.5) is 4.79 Å². The van der Waals surface area contributed by atoms with Crippen molar-refractivity contribution in [3.8, 4) is 5.75 Å². The summed E-state index contributed by atoms with van der Waals surface area (Å²) < 4.78 is 0.836. The average Bonchev–Trinajstić information content (AvgIpc) is 2.44. The van der Waals surface area contributed by atoms with Crippen LogP contribution < -0.4 is 10.7 Å². The molecule has 1 saturated carbocycles. The van der Waals surface area contributed by atoms with Crippen LogP contribution in [0, 0.1) is 0 Å². The molecule has 1 aromatic rings. The first-order valence-electron chi connectivity index (χ1n) is 6.73. The van der Waals surface area contributed by atoms with E-state index < -0.39 is 0 Å². The molecule has 1 aromatic carbocycles. The summed E-state index contributed by atoms with van der Waals surface area (Å²) in [5.74, 6) is 0.117. The lowest BCUT2D eigenvalue weighted by Crippen LogP contribution is -2.41. The van der Waals surface area contributed by atoms with Gasteiger partial charge in [-0.1, -0.05) is 35.2 Å². The van der Waals surface area contributed by atoms with Gasteiger partial charge in [0.15, 0.2) is 0 Å². The van der Waals surface area contributed by atoms with Gasteiger partial charge in [0.1, 0.15) is 5.75 Å². The van der Waals surface area contributed by atoms with Gasteiger partial charge in [-0.05, 0) is 31.0 Å². The van der Waals surface area contributed by atoms with Crippen LogP contribution in [-0.4, -0.2) is 23.4 Å². The summed E-state index contributed by atoms with van der Waals surface area (Å²) in [7, 11) is 0. The normalized spacial score (nSPS) is 16.2. The number of hydrogen-bond donors (Lipinski definition) is 3. The number of nitrogens with zero attached hydrogens (tertiary/aromatic N) is 1. The van der Waals surface area contributed by atoms with E-state index in [0.717, 1.165) is 17.3 Å². The quantitative estimate of drug-likeness (QED) is 0.584. The maximum atomic E-state index is 11.6. The topological polar surface area (TPSA) is 73.7 Å². The van der Waals surface area contributed by atoms with E-state index in [-0.39, 0.29) is 17.8 Å². The summed E-state index contributed by atoms with van der Waals surface area (Å²) >= 11 is 3.31. The van der Waals surface area contributed by atoms with Crippen LogP contribution in [0.15, 0.2) is 27.8 Å². The minimum absolute atomic E-state index is 0.117. The number of phenols is 1. The van der Waals surface area contributed by atoms with E-state index >= 15 is 0 Å². The molecular formula is C14H18BrN3O2. The molecule has 0 heterocycles. The number of carbonyl (C=O) groups excluding carboxylic acids is 1. The van der Waals surface area contributed by atoms with Crippen molar-refractivity contribution in [2.24, 2.45) is 5.10 Å². The fraction of sp³-hybridized carbons (Fsp3) is 0.429. The van der Waals surface area contributed by atoms with Gasteiger partial charge in [-0.3, -0.25) is 0 Å². The van der Waals surface area contributed by atoms with Crippen molar-refractivity contribution in [2.45, 2.75) is 38.1 Å². The molecule has 0 radical (unpaired) electrons. The highest BCUT2D eigenvalue weighted by Gasteiger charge is 2.14. The Morgan fingerprint density at radius 1 is 1.35 bits per heavy atom. The molecule has 5 nitrogen and oxygen atoms in total. The molecule has 108 valence electrons. The summed E-state index contributed by atoms with van der Waals surface area (Å²) in [6, 6.07) is 4.96. The van der Waals surface area contributed by atoms with Crippen LogP contribution >= 0.6 is 15.9 Å². The summed E-state index contributed by atoms with van der Waals surface area (Å²) in [6.07, 6.45) is 7.06. The standard InChI is InChI=1S/C14H18BrN3O2/c15-11-6-7-13(19)10(8-11)9-16-18-14(20)17-12-4-2-1-3-5-12/h6-9,12,19H,1-5H2,(H2,17,18,20)/b16-9+. The molecule has 3 N–H and O–H groups in total. The van der Waals surface area contributed by atoms with Crippen LogP contribution in [0.1, 0.15) is 37.7 Å². The molecule has 1 aliphatic carbocycles. The molecule has 0 spiro atoms. The third kappa shape index (κ3) is 4.52. The number of hydrazone groups is 1. The van der Waals surface area contributed by atoms with Crippen LogP contribution in [0.2, 0.25) is 0 Å². The maximum absolute atomic E-state index is 11.6. The molecular weight excluding hydrogens is 322 g/mol. The van der Waals surface area contributed by atoms with Crippen molar-refractivity contribution < 1.29 is 9.90 Å². The van der Waals surface area contributed by atoms with Crippen molar-refractivity contribution >= 4 is 28.2 Å². The number of nitrogens with one attached hydrogen (secondary N) is 2. The van der Waals surface area contributed by atoms with Crippen molar-refractivity contribution in [2.75, 3.05) is 0 Å². The third-order valence-electron chi connectivity index (χ3n) is 3.30. The zero-order valence-corrected chi connectivity index (χ0v) is 12.7. The second-order valence-corrected chi connectivity index (χ2v) is 5.80. The predicted octanol–water partition coefficient (Wildman–Crippen LogP) is 3.12. The predicted molar refractivity (Wildman–Crippen MR) is 81.9 cm³/mol. The fourth-order valence-electron chi connectivity index (χ4n) is 2.25. The van der Waals surface area contributed by atoms with Crippen LogP contribution in [-0.2, 0) is 0 Å². The van der Waals surface area contributed by atoms with Gasteiger partial charge in [-0.25, -0.2) is 10.2 Å². The van der Waals surface area contributed by atoms with E-state index in [1.165, 1.54) is 25.5 Å². The lowest BCUT2D eigenvalue weighted by atomic mass is 9.96. The average molecular weight is 340 g/mol. The molecule has 1 fully saturated rings. The zero-order chi connectivity index (χ0) is 14.4. The lowest BCUT2D eigenvalue weighted by Gasteiger charge is -2.22. The Morgan fingerprint density at radius 3 is 2.85 bits per heavy atom. The fourth-order valence-corrected chi connectivity index (χ4v) is 2.63. The van der Waals surface area contributed by atoms with Crippen molar-refractivity contribution in [3.05, 3.63) is 28.2 Å². The second kappa shape index (κ2) is 7.28. The number of benzene rings is 1. The number of urea groups is 1. The van der Waals surface area contributed by atoms with Crippen molar-refractivity contribution in [1.29, 1.82) is 0 Å². The number of phenolic OH excluding ortho intramolecular Hbond substituents is 1. The van der Waals surface area contributed by atoms with Gasteiger partial charge in [0.2, 0.25) is 0 Å². The second-order valence-electron chi connectivity index (χ2n) is 4.88. The molecule has 0 aromatic heterocycles. The van der Waals surface area contributed by atoms with Crippen LogP contribution in [0.25, 0.3) is 0 Å². The summed E-state index contributed by atoms with van der Waals surface area (Å²) in [5, 5.41) is 16.4. The first-order valence-corrected chi connectivity index (χ1v) is 7.52. The van der Waals surface area contributed by atoms with E-state index in [4.69, 9.17) is 0 Å². The molecule has 0 aliphatic heterocycles.